The van der Waals surface area contributed by atoms with Crippen LogP contribution in [0.5, 0.6) is 0 Å². The van der Waals surface area contributed by atoms with E-state index in [1.54, 1.807) is 18.2 Å². The van der Waals surface area contributed by atoms with Crippen LogP contribution in [0.1, 0.15) is 24.0 Å². The van der Waals surface area contributed by atoms with Crippen molar-refractivity contribution in [1.82, 2.24) is 19.1 Å². The molecule has 36 heavy (non-hydrogen) atoms. The molecule has 0 amide bonds. The molecule has 0 spiro atoms. The Labute approximate surface area is 207 Å². The Morgan fingerprint density at radius 2 is 1.69 bits per heavy atom. The van der Waals surface area contributed by atoms with Gasteiger partial charge in [-0.2, -0.15) is 9.94 Å². The third-order valence-electron chi connectivity index (χ3n) is 7.32. The Balaban J connectivity index is 1.36. The van der Waals surface area contributed by atoms with E-state index in [2.05, 4.69) is 16.1 Å². The first-order chi connectivity index (χ1) is 17.6. The number of aromatic nitrogens is 3. The number of para-hydroxylation sites is 1. The lowest BCUT2D eigenvalue weighted by Crippen LogP contribution is -2.41. The van der Waals surface area contributed by atoms with Crippen molar-refractivity contribution in [3.05, 3.63) is 112 Å². The predicted octanol–water partition coefficient (Wildman–Crippen LogP) is 4.79. The van der Waals surface area contributed by atoms with Gasteiger partial charge >= 0.3 is 0 Å². The Morgan fingerprint density at radius 3 is 2.44 bits per heavy atom. The van der Waals surface area contributed by atoms with Crippen molar-refractivity contribution in [1.29, 1.82) is 5.26 Å². The number of fused-ring (bicyclic) bond motifs is 3. The van der Waals surface area contributed by atoms with Gasteiger partial charge in [-0.05, 0) is 54.3 Å². The average Bonchev–Trinajstić information content (AvgIpc) is 3.26. The molecule has 0 aliphatic carbocycles. The van der Waals surface area contributed by atoms with E-state index < -0.39 is 11.2 Å². The Hall–Kier alpha value is -4.28. The molecule has 0 atom stereocenters. The van der Waals surface area contributed by atoms with Crippen molar-refractivity contribution in [2.24, 2.45) is 0 Å². The second kappa shape index (κ2) is 8.74. The number of piperidine rings is 1. The van der Waals surface area contributed by atoms with Crippen molar-refractivity contribution >= 4 is 5.52 Å². The number of halogens is 1. The van der Waals surface area contributed by atoms with Crippen molar-refractivity contribution in [2.45, 2.75) is 24.8 Å². The zero-order valence-electron chi connectivity index (χ0n) is 19.6. The molecule has 6 nitrogen and oxygen atoms in total. The molecule has 3 aliphatic rings. The van der Waals surface area contributed by atoms with Crippen LogP contribution in [-0.4, -0.2) is 32.2 Å². The summed E-state index contributed by atoms with van der Waals surface area (Å²) < 4.78 is 17.5. The van der Waals surface area contributed by atoms with Gasteiger partial charge in [-0.25, -0.2) is 4.39 Å². The van der Waals surface area contributed by atoms with E-state index in [9.17, 15) is 14.4 Å². The average molecular weight is 478 g/mol. The number of likely N-dealkylation sites (tertiary alicyclic amines) is 1. The topological polar surface area (TPSA) is 66.3 Å². The van der Waals surface area contributed by atoms with E-state index in [-0.39, 0.29) is 11.2 Å². The molecule has 1 aromatic heterocycles. The van der Waals surface area contributed by atoms with Crippen LogP contribution in [0.4, 0.5) is 4.39 Å². The van der Waals surface area contributed by atoms with Crippen molar-refractivity contribution in [2.75, 3.05) is 13.1 Å². The van der Waals surface area contributed by atoms with Crippen LogP contribution in [0.3, 0.4) is 0 Å². The molecule has 7 heteroatoms. The lowest BCUT2D eigenvalue weighted by atomic mass is 9.74. The summed E-state index contributed by atoms with van der Waals surface area (Å²) in [5.74, 6) is -0.00142. The van der Waals surface area contributed by atoms with E-state index in [0.29, 0.717) is 17.9 Å². The molecule has 0 radical (unpaired) electrons. The van der Waals surface area contributed by atoms with Crippen molar-refractivity contribution < 1.29 is 4.39 Å². The molecule has 6 rings (SSSR count). The van der Waals surface area contributed by atoms with Crippen LogP contribution in [-0.2, 0) is 12.0 Å². The second-order valence-electron chi connectivity index (χ2n) is 9.37. The van der Waals surface area contributed by atoms with Crippen LogP contribution in [0.25, 0.3) is 22.6 Å². The molecule has 1 fully saturated rings. The zero-order chi connectivity index (χ0) is 24.7. The van der Waals surface area contributed by atoms with Gasteiger partial charge in [0.2, 0.25) is 0 Å². The fourth-order valence-electron chi connectivity index (χ4n) is 5.32. The Bertz CT molecular complexity index is 1620. The van der Waals surface area contributed by atoms with Gasteiger partial charge in [0.1, 0.15) is 11.5 Å². The molecule has 1 saturated heterocycles. The highest BCUT2D eigenvalue weighted by molar-refractivity contribution is 5.69. The van der Waals surface area contributed by atoms with Gasteiger partial charge in [0, 0.05) is 25.8 Å². The predicted molar refractivity (Wildman–Crippen MR) is 136 cm³/mol. The summed E-state index contributed by atoms with van der Waals surface area (Å²) in [6.45, 7) is 2.19. The van der Waals surface area contributed by atoms with Gasteiger partial charge in [0.15, 0.2) is 5.82 Å². The van der Waals surface area contributed by atoms with Gasteiger partial charge in [-0.1, -0.05) is 48.5 Å². The Kier molecular flexibility index (Phi) is 5.39. The fourth-order valence-corrected chi connectivity index (χ4v) is 5.32. The summed E-state index contributed by atoms with van der Waals surface area (Å²) in [6.07, 6.45) is 3.38. The normalized spacial score (nSPS) is 15.8. The van der Waals surface area contributed by atoms with Crippen LogP contribution in [0.2, 0.25) is 0 Å². The fraction of sp³-hybridized carbons (Fsp3) is 0.207. The molecular formula is C29H24FN5O. The lowest BCUT2D eigenvalue weighted by molar-refractivity contribution is 0.179. The molecule has 178 valence electrons. The maximum Gasteiger partial charge on any atom is 0.282 e. The standard InChI is InChI=1S/C29H24FN5O/c30-24-10-4-5-12-26(24)35-28(36)23-18-21(25-11-6-7-15-34(25)27(23)32-35)19-33-16-13-29(20-31,14-17-33)22-8-2-1-3-9-22/h1-12,15,18H,13-14,16-17,19H2. The number of nitrogens with zero attached hydrogens (tertiary/aromatic N) is 5. The van der Waals surface area contributed by atoms with E-state index >= 15 is 0 Å². The van der Waals surface area contributed by atoms with E-state index in [0.717, 1.165) is 47.3 Å². The van der Waals surface area contributed by atoms with Crippen LogP contribution in [0, 0.1) is 17.1 Å². The molecule has 0 saturated carbocycles. The summed E-state index contributed by atoms with van der Waals surface area (Å²) in [5, 5.41) is 14.5. The van der Waals surface area contributed by atoms with Gasteiger partial charge in [0.25, 0.3) is 5.56 Å². The van der Waals surface area contributed by atoms with Gasteiger partial charge in [-0.15, -0.1) is 5.10 Å². The monoisotopic (exact) mass is 477 g/mol. The summed E-state index contributed by atoms with van der Waals surface area (Å²) in [6, 6.07) is 26.5. The van der Waals surface area contributed by atoms with E-state index in [4.69, 9.17) is 0 Å². The number of hydrogen-bond acceptors (Lipinski definition) is 4. The smallest absolute Gasteiger partial charge is 0.282 e. The highest BCUT2D eigenvalue weighted by Gasteiger charge is 2.36. The van der Waals surface area contributed by atoms with Crippen molar-refractivity contribution in [3.63, 3.8) is 0 Å². The second-order valence-corrected chi connectivity index (χ2v) is 9.37. The summed E-state index contributed by atoms with van der Waals surface area (Å²) in [5.41, 5.74) is 2.79. The molecule has 0 N–H and O–H groups in total. The molecule has 4 heterocycles. The molecule has 0 unspecified atom stereocenters. The molecule has 3 aromatic rings. The van der Waals surface area contributed by atoms with Crippen LogP contribution in [0.15, 0.2) is 89.9 Å². The maximum absolute atomic E-state index is 14.5. The SMILES string of the molecule is N#CC1(c2ccccc2)CCN(Cc2cc3c(=O)n(-c4ccccc4F)nc-3n3ccccc23)CC1. The first kappa shape index (κ1) is 22.2. The highest BCUT2D eigenvalue weighted by atomic mass is 19.1. The minimum atomic E-state index is -0.496. The van der Waals surface area contributed by atoms with Gasteiger partial charge in [0.05, 0.1) is 22.6 Å². The number of benzene rings is 2. The number of rotatable bonds is 4. The first-order valence-electron chi connectivity index (χ1n) is 12.1. The van der Waals surface area contributed by atoms with Crippen LogP contribution < -0.4 is 5.56 Å². The third kappa shape index (κ3) is 3.58. The quantitative estimate of drug-likeness (QED) is 0.373. The zero-order valence-corrected chi connectivity index (χ0v) is 19.6. The minimum Gasteiger partial charge on any atom is -0.299 e. The molecular weight excluding hydrogens is 453 g/mol. The number of pyridine rings is 2. The lowest BCUT2D eigenvalue weighted by Gasteiger charge is -2.37. The molecule has 3 aliphatic heterocycles. The Morgan fingerprint density at radius 1 is 0.972 bits per heavy atom. The number of nitriles is 1. The maximum atomic E-state index is 14.5. The number of hydrogen-bond donors (Lipinski definition) is 0. The van der Waals surface area contributed by atoms with Gasteiger partial charge in [-0.3, -0.25) is 14.1 Å². The first-order valence-corrected chi connectivity index (χ1v) is 12.1. The van der Waals surface area contributed by atoms with E-state index in [1.807, 2.05) is 65.2 Å². The van der Waals surface area contributed by atoms with Crippen LogP contribution >= 0.6 is 0 Å². The minimum absolute atomic E-state index is 0.134. The largest absolute Gasteiger partial charge is 0.299 e. The van der Waals surface area contributed by atoms with E-state index in [1.165, 1.54) is 6.07 Å². The summed E-state index contributed by atoms with van der Waals surface area (Å²) in [4.78, 5) is 15.7. The molecule has 0 bridgehead atoms. The molecule has 2 aromatic carbocycles. The van der Waals surface area contributed by atoms with Crippen molar-refractivity contribution in [3.8, 4) is 23.1 Å². The third-order valence-corrected chi connectivity index (χ3v) is 7.32. The van der Waals surface area contributed by atoms with Gasteiger partial charge < -0.3 is 0 Å². The highest BCUT2D eigenvalue weighted by Crippen LogP contribution is 2.36. The summed E-state index contributed by atoms with van der Waals surface area (Å²) >= 11 is 0. The summed E-state index contributed by atoms with van der Waals surface area (Å²) in [7, 11) is 0.